The quantitative estimate of drug-likeness (QED) is 0.510. The lowest BCUT2D eigenvalue weighted by atomic mass is 10.1. The smallest absolute Gasteiger partial charge is 0.231 e. The van der Waals surface area contributed by atoms with Crippen LogP contribution in [0.15, 0.2) is 42.6 Å². The Kier molecular flexibility index (Phi) is 3.47. The number of nitrogens with zero attached hydrogens (tertiary/aromatic N) is 4. The van der Waals surface area contributed by atoms with Crippen molar-refractivity contribution in [3.05, 3.63) is 59.7 Å². The summed E-state index contributed by atoms with van der Waals surface area (Å²) in [6, 6.07) is 10.9. The van der Waals surface area contributed by atoms with Crippen molar-refractivity contribution < 1.29 is 14.6 Å². The van der Waals surface area contributed by atoms with Gasteiger partial charge >= 0.3 is 0 Å². The van der Waals surface area contributed by atoms with Crippen molar-refractivity contribution in [2.24, 2.45) is 0 Å². The number of aliphatic hydroxyl groups excluding tert-OH is 1. The highest BCUT2D eigenvalue weighted by Gasteiger charge is 2.21. The van der Waals surface area contributed by atoms with Gasteiger partial charge in [0.05, 0.1) is 0 Å². The van der Waals surface area contributed by atoms with Gasteiger partial charge in [0.2, 0.25) is 6.79 Å². The SMILES string of the molecule is Cc1cc(Nc2nc(C(O)c3ccc4c(c3)OCO4)nn3cccc23)n[nH]1. The van der Waals surface area contributed by atoms with Gasteiger partial charge in [0.25, 0.3) is 0 Å². The number of hydrogen-bond donors (Lipinski definition) is 3. The van der Waals surface area contributed by atoms with E-state index in [9.17, 15) is 5.11 Å². The van der Waals surface area contributed by atoms with E-state index in [0.29, 0.717) is 28.7 Å². The fourth-order valence-electron chi connectivity index (χ4n) is 3.00. The van der Waals surface area contributed by atoms with Gasteiger partial charge in [-0.25, -0.2) is 9.50 Å². The van der Waals surface area contributed by atoms with Crippen LogP contribution in [0.3, 0.4) is 0 Å². The fourth-order valence-corrected chi connectivity index (χ4v) is 3.00. The number of fused-ring (bicyclic) bond motifs is 2. The summed E-state index contributed by atoms with van der Waals surface area (Å²) in [5.41, 5.74) is 2.32. The van der Waals surface area contributed by atoms with E-state index in [1.54, 1.807) is 28.9 Å². The molecule has 1 atom stereocenters. The number of nitrogens with one attached hydrogen (secondary N) is 2. The Bertz CT molecular complexity index is 1140. The molecule has 0 saturated carbocycles. The Morgan fingerprint density at radius 2 is 2.11 bits per heavy atom. The van der Waals surface area contributed by atoms with E-state index < -0.39 is 6.10 Å². The average molecular weight is 364 g/mol. The van der Waals surface area contributed by atoms with Crippen LogP contribution in [0, 0.1) is 6.92 Å². The first-order valence-corrected chi connectivity index (χ1v) is 8.39. The van der Waals surface area contributed by atoms with Gasteiger partial charge in [0.15, 0.2) is 29.0 Å². The van der Waals surface area contributed by atoms with E-state index in [-0.39, 0.29) is 12.6 Å². The predicted molar refractivity (Wildman–Crippen MR) is 96.2 cm³/mol. The molecule has 3 aromatic heterocycles. The molecule has 0 fully saturated rings. The van der Waals surface area contributed by atoms with Crippen molar-refractivity contribution in [2.75, 3.05) is 12.1 Å². The van der Waals surface area contributed by atoms with Gasteiger partial charge in [0, 0.05) is 18.0 Å². The lowest BCUT2D eigenvalue weighted by Crippen LogP contribution is -2.11. The van der Waals surface area contributed by atoms with E-state index in [4.69, 9.17) is 9.47 Å². The monoisotopic (exact) mass is 364 g/mol. The fraction of sp³-hybridized carbons (Fsp3) is 0.167. The second-order valence-corrected chi connectivity index (χ2v) is 6.23. The third-order valence-electron chi connectivity index (χ3n) is 4.32. The van der Waals surface area contributed by atoms with Gasteiger partial charge in [-0.1, -0.05) is 6.07 Å². The van der Waals surface area contributed by atoms with E-state index in [1.165, 1.54) is 0 Å². The van der Waals surface area contributed by atoms with Crippen molar-refractivity contribution in [1.82, 2.24) is 24.8 Å². The first-order valence-electron chi connectivity index (χ1n) is 8.39. The van der Waals surface area contributed by atoms with Gasteiger partial charge in [-0.3, -0.25) is 5.10 Å². The summed E-state index contributed by atoms with van der Waals surface area (Å²) in [5.74, 6) is 2.70. The van der Waals surface area contributed by atoms with Crippen LogP contribution in [0.2, 0.25) is 0 Å². The molecule has 9 heteroatoms. The normalized spacial score (nSPS) is 13.9. The summed E-state index contributed by atoms with van der Waals surface area (Å²) in [6.45, 7) is 2.09. The third-order valence-corrected chi connectivity index (χ3v) is 4.32. The van der Waals surface area contributed by atoms with Gasteiger partial charge in [-0.15, -0.1) is 5.10 Å². The molecule has 0 amide bonds. The molecule has 0 saturated heterocycles. The lowest BCUT2D eigenvalue weighted by molar-refractivity contribution is 0.173. The molecule has 1 aliphatic rings. The molecule has 1 unspecified atom stereocenters. The molecule has 0 radical (unpaired) electrons. The third kappa shape index (κ3) is 2.74. The minimum Gasteiger partial charge on any atom is -0.454 e. The molecule has 1 aromatic carbocycles. The number of aliphatic hydroxyl groups is 1. The number of hydrogen-bond acceptors (Lipinski definition) is 7. The minimum absolute atomic E-state index is 0.178. The average Bonchev–Trinajstić information content (AvgIpc) is 3.40. The van der Waals surface area contributed by atoms with Gasteiger partial charge in [-0.2, -0.15) is 5.10 Å². The molecule has 27 heavy (non-hydrogen) atoms. The van der Waals surface area contributed by atoms with Crippen LogP contribution in [-0.2, 0) is 0 Å². The molecular weight excluding hydrogens is 348 g/mol. The Balaban J connectivity index is 1.54. The molecule has 1 aliphatic heterocycles. The van der Waals surface area contributed by atoms with Crippen LogP contribution in [-0.4, -0.2) is 36.7 Å². The molecule has 3 N–H and O–H groups in total. The maximum atomic E-state index is 10.8. The Labute approximate surface area is 153 Å². The number of aromatic amines is 1. The summed E-state index contributed by atoms with van der Waals surface area (Å²) in [6.07, 6.45) is 0.779. The maximum absolute atomic E-state index is 10.8. The Morgan fingerprint density at radius 1 is 1.22 bits per heavy atom. The van der Waals surface area contributed by atoms with Crippen molar-refractivity contribution in [1.29, 1.82) is 0 Å². The van der Waals surface area contributed by atoms with E-state index >= 15 is 0 Å². The second kappa shape index (κ2) is 5.99. The number of ether oxygens (including phenoxy) is 2. The number of rotatable bonds is 4. The first-order chi connectivity index (χ1) is 13.2. The van der Waals surface area contributed by atoms with Crippen LogP contribution >= 0.6 is 0 Å². The van der Waals surface area contributed by atoms with Crippen LogP contribution < -0.4 is 14.8 Å². The predicted octanol–water partition coefficient (Wildman–Crippen LogP) is 2.31. The van der Waals surface area contributed by atoms with Gasteiger partial charge < -0.3 is 19.9 Å². The van der Waals surface area contributed by atoms with Crippen molar-refractivity contribution in [3.63, 3.8) is 0 Å². The van der Waals surface area contributed by atoms with Crippen LogP contribution in [0.4, 0.5) is 11.6 Å². The Morgan fingerprint density at radius 3 is 2.96 bits per heavy atom. The molecule has 4 aromatic rings. The molecule has 0 spiro atoms. The number of aryl methyl sites for hydroxylation is 1. The highest BCUT2D eigenvalue weighted by molar-refractivity contribution is 5.72. The number of H-pyrrole nitrogens is 1. The molecular formula is C18H16N6O3. The summed E-state index contributed by atoms with van der Waals surface area (Å²) in [5, 5.41) is 25.5. The molecule has 5 rings (SSSR count). The maximum Gasteiger partial charge on any atom is 0.231 e. The summed E-state index contributed by atoms with van der Waals surface area (Å²) in [7, 11) is 0. The highest BCUT2D eigenvalue weighted by atomic mass is 16.7. The van der Waals surface area contributed by atoms with E-state index in [1.807, 2.05) is 25.1 Å². The Hall–Kier alpha value is -3.59. The van der Waals surface area contributed by atoms with Gasteiger partial charge in [0.1, 0.15) is 11.6 Å². The molecule has 0 bridgehead atoms. The first kappa shape index (κ1) is 15.6. The zero-order valence-electron chi connectivity index (χ0n) is 14.4. The zero-order chi connectivity index (χ0) is 18.4. The summed E-state index contributed by atoms with van der Waals surface area (Å²) < 4.78 is 12.4. The highest BCUT2D eigenvalue weighted by Crippen LogP contribution is 2.35. The number of aromatic nitrogens is 5. The van der Waals surface area contributed by atoms with Crippen molar-refractivity contribution in [3.8, 4) is 11.5 Å². The minimum atomic E-state index is -1.02. The molecule has 4 heterocycles. The van der Waals surface area contributed by atoms with Gasteiger partial charge in [-0.05, 0) is 36.8 Å². The molecule has 136 valence electrons. The number of anilines is 2. The lowest BCUT2D eigenvalue weighted by Gasteiger charge is -2.13. The zero-order valence-corrected chi connectivity index (χ0v) is 14.4. The van der Waals surface area contributed by atoms with E-state index in [2.05, 4.69) is 25.6 Å². The standard InChI is InChI=1S/C18H16N6O3/c1-10-7-15(22-21-10)19-17-12-3-2-6-24(12)23-18(20-17)16(25)11-4-5-13-14(8-11)27-9-26-13/h2-8,16,25H,9H2,1H3,(H2,19,20,21,22,23). The van der Waals surface area contributed by atoms with Crippen LogP contribution in [0.5, 0.6) is 11.5 Å². The van der Waals surface area contributed by atoms with E-state index in [0.717, 1.165) is 11.2 Å². The largest absolute Gasteiger partial charge is 0.454 e. The van der Waals surface area contributed by atoms with Crippen LogP contribution in [0.25, 0.3) is 5.52 Å². The topological polar surface area (TPSA) is 110 Å². The molecule has 9 nitrogen and oxygen atoms in total. The molecule has 0 aliphatic carbocycles. The number of benzene rings is 1. The van der Waals surface area contributed by atoms with Crippen molar-refractivity contribution >= 4 is 17.2 Å². The summed E-state index contributed by atoms with van der Waals surface area (Å²) >= 11 is 0. The summed E-state index contributed by atoms with van der Waals surface area (Å²) in [4.78, 5) is 4.53. The van der Waals surface area contributed by atoms with Crippen molar-refractivity contribution in [2.45, 2.75) is 13.0 Å². The van der Waals surface area contributed by atoms with Crippen LogP contribution in [0.1, 0.15) is 23.2 Å². The second-order valence-electron chi connectivity index (χ2n) is 6.23.